The van der Waals surface area contributed by atoms with Crippen LogP contribution < -0.4 is 9.97 Å². The fourth-order valence-electron chi connectivity index (χ4n) is 2.83. The molecule has 117 valence electrons. The minimum atomic E-state index is 0. The Labute approximate surface area is 154 Å². The summed E-state index contributed by atoms with van der Waals surface area (Å²) in [6.07, 6.45) is 7.95. The maximum absolute atomic E-state index is 4.59. The maximum Gasteiger partial charge on any atom is 5.00 e. The normalized spacial score (nSPS) is 12.2. The molecule has 2 aliphatic rings. The van der Waals surface area contributed by atoms with Crippen molar-refractivity contribution in [2.45, 2.75) is 0 Å². The van der Waals surface area contributed by atoms with E-state index in [0.717, 1.165) is 44.8 Å². The maximum atomic E-state index is 4.59. The molecular formula is C20H12FeN4+3. The Morgan fingerprint density at radius 2 is 0.840 bits per heavy atom. The predicted octanol–water partition coefficient (Wildman–Crippen LogP) is 3.91. The molecule has 0 saturated carbocycles. The summed E-state index contributed by atoms with van der Waals surface area (Å²) in [6.45, 7) is 0. The second-order valence-corrected chi connectivity index (χ2v) is 5.76. The van der Waals surface area contributed by atoms with Gasteiger partial charge < -0.3 is 9.97 Å². The van der Waals surface area contributed by atoms with Gasteiger partial charge in [-0.2, -0.15) is 0 Å². The van der Waals surface area contributed by atoms with Crippen LogP contribution in [0.1, 0.15) is 22.8 Å². The van der Waals surface area contributed by atoms with E-state index in [4.69, 9.17) is 0 Å². The van der Waals surface area contributed by atoms with Gasteiger partial charge in [0.05, 0.1) is 22.8 Å². The molecule has 5 rings (SSSR count). The summed E-state index contributed by atoms with van der Waals surface area (Å²) in [5.41, 5.74) is 7.15. The average Bonchev–Trinajstić information content (AvgIpc) is 3.32. The topological polar surface area (TPSA) is 54.0 Å². The van der Waals surface area contributed by atoms with E-state index >= 15 is 0 Å². The van der Waals surface area contributed by atoms with Crippen molar-refractivity contribution in [3.63, 3.8) is 0 Å². The van der Waals surface area contributed by atoms with Crippen molar-refractivity contribution in [1.82, 2.24) is 19.9 Å². The van der Waals surface area contributed by atoms with Gasteiger partial charge in [0.25, 0.3) is 0 Å². The van der Waals surface area contributed by atoms with Crippen LogP contribution in [0.2, 0.25) is 0 Å². The number of fused-ring (bicyclic) bond motifs is 8. The summed E-state index contributed by atoms with van der Waals surface area (Å²) in [5, 5.41) is 0. The molecule has 1 radical (unpaired) electrons. The monoisotopic (exact) mass is 364 g/mol. The fourth-order valence-corrected chi connectivity index (χ4v) is 2.83. The van der Waals surface area contributed by atoms with Crippen LogP contribution in [0.3, 0.4) is 0 Å². The third kappa shape index (κ3) is 3.20. The van der Waals surface area contributed by atoms with Gasteiger partial charge in [0.15, 0.2) is 0 Å². The predicted molar refractivity (Wildman–Crippen MR) is 96.8 cm³/mol. The van der Waals surface area contributed by atoms with Gasteiger partial charge >= 0.3 is 17.1 Å². The molecular weight excluding hydrogens is 352 g/mol. The van der Waals surface area contributed by atoms with Gasteiger partial charge in [-0.1, -0.05) is 42.5 Å². The minimum absolute atomic E-state index is 0. The molecule has 0 atom stereocenters. The van der Waals surface area contributed by atoms with E-state index in [-0.39, 0.29) is 17.1 Å². The van der Waals surface area contributed by atoms with Gasteiger partial charge in [0, 0.05) is 0 Å². The van der Waals surface area contributed by atoms with E-state index in [9.17, 15) is 0 Å². The molecule has 0 saturated heterocycles. The fraction of sp³-hybridized carbons (Fsp3) is 0. The van der Waals surface area contributed by atoms with Gasteiger partial charge in [-0.3, -0.25) is 0 Å². The van der Waals surface area contributed by atoms with Crippen molar-refractivity contribution < 1.29 is 17.1 Å². The standard InChI is InChI=1S/C20H12N4.Fe/c1-2-14-10-16-5-6-18(23-16)12-20-8-7-19(24-20)11-17-4-3-15(22-17)9-13(1)21-14;/h1-12H;/q-2;+5. The first-order chi connectivity index (χ1) is 11.8. The van der Waals surface area contributed by atoms with Crippen molar-refractivity contribution in [2.24, 2.45) is 0 Å². The van der Waals surface area contributed by atoms with Crippen LogP contribution in [0.5, 0.6) is 0 Å². The van der Waals surface area contributed by atoms with Gasteiger partial charge in [-0.05, 0) is 30.4 Å². The number of aromatic nitrogens is 4. The third-order valence-electron chi connectivity index (χ3n) is 3.92. The van der Waals surface area contributed by atoms with Crippen LogP contribution in [-0.2, 0) is 17.1 Å². The summed E-state index contributed by atoms with van der Waals surface area (Å²) in [4.78, 5) is 18.4. The number of hydrogen-bond donors (Lipinski definition) is 0. The summed E-state index contributed by atoms with van der Waals surface area (Å²) >= 11 is 0. The molecule has 2 aliphatic heterocycles. The molecule has 0 unspecified atom stereocenters. The van der Waals surface area contributed by atoms with Crippen LogP contribution in [0.4, 0.5) is 0 Å². The Hall–Kier alpha value is -2.88. The van der Waals surface area contributed by atoms with Crippen molar-refractivity contribution in [3.05, 3.63) is 71.3 Å². The molecule has 0 spiro atoms. The molecule has 5 heterocycles. The van der Waals surface area contributed by atoms with E-state index in [0.29, 0.717) is 0 Å². The zero-order chi connectivity index (χ0) is 15.9. The number of hydrogen-bond acceptors (Lipinski definition) is 2. The van der Waals surface area contributed by atoms with Gasteiger partial charge in [-0.15, -0.1) is 22.1 Å². The van der Waals surface area contributed by atoms with Gasteiger partial charge in [0.1, 0.15) is 0 Å². The van der Waals surface area contributed by atoms with E-state index in [1.54, 1.807) is 0 Å². The minimum Gasteiger partial charge on any atom is -0.658 e. The van der Waals surface area contributed by atoms with Crippen LogP contribution >= 0.6 is 0 Å². The number of rotatable bonds is 0. The average molecular weight is 364 g/mol. The molecule has 4 nitrogen and oxygen atoms in total. The molecule has 5 heteroatoms. The van der Waals surface area contributed by atoms with Crippen LogP contribution in [0, 0.1) is 0 Å². The zero-order valence-corrected chi connectivity index (χ0v) is 14.2. The van der Waals surface area contributed by atoms with Gasteiger partial charge in [0.2, 0.25) is 0 Å². The summed E-state index contributed by atoms with van der Waals surface area (Å²) < 4.78 is 0. The molecule has 0 aliphatic carbocycles. The van der Waals surface area contributed by atoms with E-state index in [1.165, 1.54) is 0 Å². The van der Waals surface area contributed by atoms with Crippen LogP contribution in [0.15, 0.2) is 48.5 Å². The molecule has 0 amide bonds. The first-order valence-corrected chi connectivity index (χ1v) is 7.74. The first kappa shape index (κ1) is 15.6. The van der Waals surface area contributed by atoms with E-state index in [2.05, 4.69) is 19.9 Å². The molecule has 0 fully saturated rings. The third-order valence-corrected chi connectivity index (χ3v) is 3.92. The number of nitrogens with zero attached hydrogens (tertiary/aromatic N) is 4. The molecule has 3 aromatic heterocycles. The Balaban J connectivity index is 0.00000157. The molecule has 3 aromatic rings. The Morgan fingerprint density at radius 1 is 0.480 bits per heavy atom. The second-order valence-electron chi connectivity index (χ2n) is 5.76. The van der Waals surface area contributed by atoms with Crippen molar-refractivity contribution in [2.75, 3.05) is 0 Å². The smallest absolute Gasteiger partial charge is 0.658 e. The van der Waals surface area contributed by atoms with Crippen molar-refractivity contribution in [3.8, 4) is 0 Å². The van der Waals surface area contributed by atoms with Crippen LogP contribution in [-0.4, -0.2) is 9.97 Å². The Bertz CT molecular complexity index is 1080. The molecule has 0 N–H and O–H groups in total. The Morgan fingerprint density at radius 3 is 1.28 bits per heavy atom. The first-order valence-electron chi connectivity index (χ1n) is 7.74. The van der Waals surface area contributed by atoms with Crippen molar-refractivity contribution >= 4 is 46.4 Å². The summed E-state index contributed by atoms with van der Waals surface area (Å²) in [5.74, 6) is 0. The second kappa shape index (κ2) is 6.20. The molecule has 0 aromatic carbocycles. The van der Waals surface area contributed by atoms with E-state index < -0.39 is 0 Å². The van der Waals surface area contributed by atoms with Crippen molar-refractivity contribution in [1.29, 1.82) is 0 Å². The van der Waals surface area contributed by atoms with Crippen LogP contribution in [0.25, 0.3) is 46.4 Å². The molecule has 8 bridgehead atoms. The zero-order valence-electron chi connectivity index (χ0n) is 13.1. The quantitative estimate of drug-likeness (QED) is 0.391. The summed E-state index contributed by atoms with van der Waals surface area (Å²) in [6, 6.07) is 15.9. The van der Waals surface area contributed by atoms with E-state index in [1.807, 2.05) is 72.8 Å². The Kier molecular flexibility index (Phi) is 3.88. The van der Waals surface area contributed by atoms with Gasteiger partial charge in [-0.25, -0.2) is 9.97 Å². The molecule has 25 heavy (non-hydrogen) atoms. The SMILES string of the molecule is C1=Cc2cc3ccc(cc4ccc(cc5nc(cc1n2)C=C5)[n-]4)[n-]3.[Fe+5]. The largest absolute Gasteiger partial charge is 5.00 e. The summed E-state index contributed by atoms with van der Waals surface area (Å²) in [7, 11) is 0.